The fourth-order valence-corrected chi connectivity index (χ4v) is 7.95. The van der Waals surface area contributed by atoms with E-state index in [9.17, 15) is 15.0 Å². The Bertz CT molecular complexity index is 531. The van der Waals surface area contributed by atoms with Crippen molar-refractivity contribution in [3.63, 3.8) is 0 Å². The highest BCUT2D eigenvalue weighted by atomic mass is 16.3. The molecule has 2 N–H and O–H groups in total. The van der Waals surface area contributed by atoms with E-state index >= 15 is 0 Å². The van der Waals surface area contributed by atoms with Crippen molar-refractivity contribution in [2.24, 2.45) is 40.4 Å². The normalized spacial score (nSPS) is 57.0. The van der Waals surface area contributed by atoms with E-state index in [4.69, 9.17) is 0 Å². The molecule has 0 radical (unpaired) electrons. The highest BCUT2D eigenvalue weighted by Gasteiger charge is 2.62. The number of rotatable bonds is 1. The molecule has 0 spiro atoms. The van der Waals surface area contributed by atoms with E-state index in [-0.39, 0.29) is 34.9 Å². The van der Waals surface area contributed by atoms with E-state index in [0.717, 1.165) is 38.5 Å². The predicted molar refractivity (Wildman–Crippen MR) is 93.3 cm³/mol. The molecule has 0 amide bonds. The van der Waals surface area contributed by atoms with Crippen LogP contribution in [0.25, 0.3) is 0 Å². The van der Waals surface area contributed by atoms with Gasteiger partial charge in [-0.05, 0) is 92.8 Å². The van der Waals surface area contributed by atoms with Crippen molar-refractivity contribution in [1.29, 1.82) is 0 Å². The lowest BCUT2D eigenvalue weighted by atomic mass is 9.44. The highest BCUT2D eigenvalue weighted by Crippen LogP contribution is 2.67. The van der Waals surface area contributed by atoms with Crippen LogP contribution in [0.5, 0.6) is 0 Å². The van der Waals surface area contributed by atoms with Gasteiger partial charge in [0.25, 0.3) is 0 Å². The zero-order chi connectivity index (χ0) is 17.3. The summed E-state index contributed by atoms with van der Waals surface area (Å²) < 4.78 is 0. The Labute approximate surface area is 146 Å². The maximum atomic E-state index is 12.2. The fraction of sp³-hybridized carbons (Fsp3) is 0.952. The molecule has 4 aliphatic carbocycles. The molecule has 24 heavy (non-hydrogen) atoms. The number of hydrogen-bond donors (Lipinski definition) is 2. The number of carbonyl (C=O) groups is 1. The summed E-state index contributed by atoms with van der Waals surface area (Å²) in [6.07, 6.45) is 7.70. The predicted octanol–water partition coefficient (Wildman–Crippen LogP) is 3.57. The Balaban J connectivity index is 1.65. The van der Waals surface area contributed by atoms with Crippen LogP contribution < -0.4 is 0 Å². The fourth-order valence-electron chi connectivity index (χ4n) is 7.95. The summed E-state index contributed by atoms with van der Waals surface area (Å²) in [5.41, 5.74) is 0.335. The Kier molecular flexibility index (Phi) is 3.93. The van der Waals surface area contributed by atoms with Crippen molar-refractivity contribution < 1.29 is 15.0 Å². The molecular weight excluding hydrogens is 300 g/mol. The van der Waals surface area contributed by atoms with Gasteiger partial charge in [-0.2, -0.15) is 0 Å². The largest absolute Gasteiger partial charge is 0.393 e. The first-order valence-corrected chi connectivity index (χ1v) is 10.1. The van der Waals surface area contributed by atoms with Gasteiger partial charge in [0.2, 0.25) is 0 Å². The molecule has 0 bridgehead atoms. The molecule has 9 atom stereocenters. The van der Waals surface area contributed by atoms with Crippen molar-refractivity contribution >= 4 is 5.78 Å². The van der Waals surface area contributed by atoms with Crippen LogP contribution >= 0.6 is 0 Å². The van der Waals surface area contributed by atoms with Gasteiger partial charge in [0.15, 0.2) is 0 Å². The topological polar surface area (TPSA) is 57.5 Å². The zero-order valence-electron chi connectivity index (χ0n) is 15.5. The van der Waals surface area contributed by atoms with Gasteiger partial charge in [-0.15, -0.1) is 0 Å². The molecular formula is C21H34O3. The second-order valence-electron chi connectivity index (χ2n) is 10.0. The quantitative estimate of drug-likeness (QED) is 0.771. The summed E-state index contributed by atoms with van der Waals surface area (Å²) in [6, 6.07) is 0. The number of fused-ring (bicyclic) bond motifs is 5. The Morgan fingerprint density at radius 1 is 0.875 bits per heavy atom. The second kappa shape index (κ2) is 5.54. The van der Waals surface area contributed by atoms with Crippen LogP contribution in [0.1, 0.15) is 72.1 Å². The van der Waals surface area contributed by atoms with E-state index in [0.29, 0.717) is 23.5 Å². The molecule has 0 aromatic rings. The first-order chi connectivity index (χ1) is 11.3. The monoisotopic (exact) mass is 334 g/mol. The number of Topliss-reactive ketones (excluding diaryl/α,β-unsaturated/α-hetero) is 1. The van der Waals surface area contributed by atoms with E-state index in [1.165, 1.54) is 12.8 Å². The summed E-state index contributed by atoms with van der Waals surface area (Å²) in [6.45, 7) is 6.53. The Hall–Kier alpha value is -0.410. The van der Waals surface area contributed by atoms with Gasteiger partial charge in [-0.25, -0.2) is 0 Å². The first kappa shape index (κ1) is 17.0. The minimum Gasteiger partial charge on any atom is -0.393 e. The highest BCUT2D eigenvalue weighted by molar-refractivity contribution is 5.79. The van der Waals surface area contributed by atoms with E-state index < -0.39 is 0 Å². The standard InChI is InChI=1S/C21H34O3/c1-12(22)15-4-5-16-14-11-19(24)18-10-13(23)6-8-21(18,3)17(14)7-9-20(15,16)2/h13-19,23-24H,4-11H2,1-3H3/t13-,14+,15-,16+,17+,18-,19+,20-,21-/m1/s1. The van der Waals surface area contributed by atoms with Gasteiger partial charge in [0.05, 0.1) is 12.2 Å². The number of aliphatic hydroxyl groups excluding tert-OH is 2. The molecule has 4 saturated carbocycles. The van der Waals surface area contributed by atoms with Crippen molar-refractivity contribution in [1.82, 2.24) is 0 Å². The average molecular weight is 335 g/mol. The lowest BCUT2D eigenvalue weighted by molar-refractivity contribution is -0.171. The van der Waals surface area contributed by atoms with Gasteiger partial charge in [0, 0.05) is 5.92 Å². The number of carbonyl (C=O) groups excluding carboxylic acids is 1. The number of ketones is 1. The van der Waals surface area contributed by atoms with Gasteiger partial charge in [-0.1, -0.05) is 13.8 Å². The van der Waals surface area contributed by atoms with E-state index in [2.05, 4.69) is 13.8 Å². The van der Waals surface area contributed by atoms with E-state index in [1.807, 2.05) is 0 Å². The molecule has 4 aliphatic rings. The summed E-state index contributed by atoms with van der Waals surface area (Å²) in [4.78, 5) is 12.2. The molecule has 0 aliphatic heterocycles. The molecule has 3 heteroatoms. The smallest absolute Gasteiger partial charge is 0.133 e. The summed E-state index contributed by atoms with van der Waals surface area (Å²) in [7, 11) is 0. The van der Waals surface area contributed by atoms with Crippen molar-refractivity contribution in [3.05, 3.63) is 0 Å². The Morgan fingerprint density at radius 2 is 1.54 bits per heavy atom. The van der Waals surface area contributed by atoms with Crippen LogP contribution in [-0.4, -0.2) is 28.2 Å². The van der Waals surface area contributed by atoms with Crippen LogP contribution in [0.2, 0.25) is 0 Å². The maximum absolute atomic E-state index is 12.2. The lowest BCUT2D eigenvalue weighted by Gasteiger charge is -2.62. The maximum Gasteiger partial charge on any atom is 0.133 e. The molecule has 0 unspecified atom stereocenters. The summed E-state index contributed by atoms with van der Waals surface area (Å²) >= 11 is 0. The Morgan fingerprint density at radius 3 is 2.25 bits per heavy atom. The van der Waals surface area contributed by atoms with Crippen molar-refractivity contribution in [2.75, 3.05) is 0 Å². The second-order valence-corrected chi connectivity index (χ2v) is 10.0. The molecule has 136 valence electrons. The molecule has 4 fully saturated rings. The van der Waals surface area contributed by atoms with Gasteiger partial charge < -0.3 is 10.2 Å². The number of aliphatic hydroxyl groups is 2. The zero-order valence-corrected chi connectivity index (χ0v) is 15.5. The number of hydrogen-bond acceptors (Lipinski definition) is 3. The van der Waals surface area contributed by atoms with Crippen molar-refractivity contribution in [2.45, 2.75) is 84.3 Å². The van der Waals surface area contributed by atoms with Crippen LogP contribution in [0, 0.1) is 40.4 Å². The van der Waals surface area contributed by atoms with Crippen LogP contribution in [0.15, 0.2) is 0 Å². The minimum absolute atomic E-state index is 0.157. The average Bonchev–Trinajstić information content (AvgIpc) is 2.87. The molecule has 0 saturated heterocycles. The molecule has 0 aromatic carbocycles. The van der Waals surface area contributed by atoms with Crippen molar-refractivity contribution in [3.8, 4) is 0 Å². The van der Waals surface area contributed by atoms with Crippen LogP contribution in [-0.2, 0) is 4.79 Å². The third-order valence-corrected chi connectivity index (χ3v) is 9.14. The van der Waals surface area contributed by atoms with Crippen LogP contribution in [0.4, 0.5) is 0 Å². The molecule has 0 heterocycles. The van der Waals surface area contributed by atoms with Gasteiger partial charge in [-0.3, -0.25) is 4.79 Å². The summed E-state index contributed by atoms with van der Waals surface area (Å²) in [5.74, 6) is 2.71. The minimum atomic E-state index is -0.273. The summed E-state index contributed by atoms with van der Waals surface area (Å²) in [5, 5.41) is 21.0. The third-order valence-electron chi connectivity index (χ3n) is 9.14. The SMILES string of the molecule is CC(=O)[C@H]1CC[C@H]2[C@@H]3C[C@H](O)[C@H]4C[C@H](O)CC[C@]4(C)[C@H]3CC[C@]12C. The van der Waals surface area contributed by atoms with E-state index in [1.54, 1.807) is 6.92 Å². The van der Waals surface area contributed by atoms with Crippen LogP contribution in [0.3, 0.4) is 0 Å². The molecule has 3 nitrogen and oxygen atoms in total. The first-order valence-electron chi connectivity index (χ1n) is 10.1. The van der Waals surface area contributed by atoms with Gasteiger partial charge >= 0.3 is 0 Å². The third kappa shape index (κ3) is 2.19. The molecule has 0 aromatic heterocycles. The lowest BCUT2D eigenvalue weighted by Crippen LogP contribution is -2.58. The molecule has 4 rings (SSSR count). The van der Waals surface area contributed by atoms with Gasteiger partial charge in [0.1, 0.15) is 5.78 Å².